The van der Waals surface area contributed by atoms with Crippen molar-refractivity contribution in [1.82, 2.24) is 4.98 Å². The highest BCUT2D eigenvalue weighted by Gasteiger charge is 2.19. The number of benzene rings is 1. The van der Waals surface area contributed by atoms with Gasteiger partial charge in [0.1, 0.15) is 5.69 Å². The van der Waals surface area contributed by atoms with E-state index in [2.05, 4.69) is 36.4 Å². The number of pyridine rings is 1. The summed E-state index contributed by atoms with van der Waals surface area (Å²) < 4.78 is 5.01. The van der Waals surface area contributed by atoms with E-state index in [0.717, 1.165) is 29.9 Å². The van der Waals surface area contributed by atoms with Gasteiger partial charge in [0.15, 0.2) is 0 Å². The molecule has 0 fully saturated rings. The summed E-state index contributed by atoms with van der Waals surface area (Å²) in [6.07, 6.45) is 2.60. The second kappa shape index (κ2) is 8.62. The molecule has 2 aromatic rings. The maximum Gasteiger partial charge on any atom is 0.274 e. The molecule has 1 aromatic heterocycles. The summed E-state index contributed by atoms with van der Waals surface area (Å²) in [6, 6.07) is 11.5. The Labute approximate surface area is 149 Å². The van der Waals surface area contributed by atoms with Gasteiger partial charge >= 0.3 is 0 Å². The number of nitrogens with one attached hydrogen (secondary N) is 2. The van der Waals surface area contributed by atoms with Gasteiger partial charge in [0.05, 0.1) is 11.9 Å². The van der Waals surface area contributed by atoms with Crippen LogP contribution in [0.4, 0.5) is 11.4 Å². The van der Waals surface area contributed by atoms with Crippen LogP contribution in [0.2, 0.25) is 0 Å². The van der Waals surface area contributed by atoms with E-state index in [9.17, 15) is 4.79 Å². The average Bonchev–Trinajstić information content (AvgIpc) is 2.59. The summed E-state index contributed by atoms with van der Waals surface area (Å²) in [5, 5.41) is 6.22. The van der Waals surface area contributed by atoms with Crippen LogP contribution in [-0.4, -0.2) is 31.2 Å². The largest absolute Gasteiger partial charge is 0.385 e. The number of carbonyl (C=O) groups is 1. The first-order valence-corrected chi connectivity index (χ1v) is 8.51. The standard InChI is InChI=1S/C20H27N3O2/c1-20(2,3)16-8-5-6-9-17(16)23-19(24)18-11-10-15(14-22-18)21-12-7-13-25-4/h5-6,8-11,14,21H,7,12-13H2,1-4H3,(H,23,24). The van der Waals surface area contributed by atoms with Gasteiger partial charge in [-0.3, -0.25) is 4.79 Å². The molecule has 1 amide bonds. The molecule has 0 aliphatic carbocycles. The molecule has 0 unspecified atom stereocenters. The van der Waals surface area contributed by atoms with Crippen molar-refractivity contribution in [3.63, 3.8) is 0 Å². The number of anilines is 2. The van der Waals surface area contributed by atoms with Gasteiger partial charge < -0.3 is 15.4 Å². The Morgan fingerprint density at radius 3 is 2.56 bits per heavy atom. The van der Waals surface area contributed by atoms with Crippen LogP contribution in [0.25, 0.3) is 0 Å². The van der Waals surface area contributed by atoms with Gasteiger partial charge in [0, 0.05) is 25.9 Å². The van der Waals surface area contributed by atoms with Crippen LogP contribution in [0.15, 0.2) is 42.6 Å². The molecule has 1 aromatic carbocycles. The van der Waals surface area contributed by atoms with Crippen LogP contribution in [0.3, 0.4) is 0 Å². The van der Waals surface area contributed by atoms with E-state index in [-0.39, 0.29) is 11.3 Å². The summed E-state index contributed by atoms with van der Waals surface area (Å²) in [4.78, 5) is 16.8. The van der Waals surface area contributed by atoms with E-state index in [1.807, 2.05) is 30.3 Å². The van der Waals surface area contributed by atoms with Crippen LogP contribution in [0.1, 0.15) is 43.2 Å². The van der Waals surface area contributed by atoms with Crippen molar-refractivity contribution < 1.29 is 9.53 Å². The molecule has 2 rings (SSSR count). The predicted molar refractivity (Wildman–Crippen MR) is 102 cm³/mol. The number of ether oxygens (including phenoxy) is 1. The Kier molecular flexibility index (Phi) is 6.53. The molecule has 0 radical (unpaired) electrons. The van der Waals surface area contributed by atoms with Gasteiger partial charge in [0.2, 0.25) is 0 Å². The van der Waals surface area contributed by atoms with Crippen LogP contribution in [0.5, 0.6) is 0 Å². The molecule has 0 saturated heterocycles. The van der Waals surface area contributed by atoms with Gasteiger partial charge in [-0.2, -0.15) is 0 Å². The van der Waals surface area contributed by atoms with Crippen LogP contribution >= 0.6 is 0 Å². The molecular formula is C20H27N3O2. The summed E-state index contributed by atoms with van der Waals surface area (Å²) >= 11 is 0. The third-order valence-corrected chi connectivity index (χ3v) is 3.83. The number of para-hydroxylation sites is 1. The second-order valence-electron chi connectivity index (χ2n) is 6.95. The number of aromatic nitrogens is 1. The highest BCUT2D eigenvalue weighted by molar-refractivity contribution is 6.03. The number of methoxy groups -OCH3 is 1. The smallest absolute Gasteiger partial charge is 0.274 e. The fraction of sp³-hybridized carbons (Fsp3) is 0.400. The van der Waals surface area contributed by atoms with Crippen molar-refractivity contribution >= 4 is 17.3 Å². The minimum atomic E-state index is -0.206. The van der Waals surface area contributed by atoms with E-state index in [1.54, 1.807) is 19.4 Å². The van der Waals surface area contributed by atoms with E-state index in [4.69, 9.17) is 4.74 Å². The first-order chi connectivity index (χ1) is 11.9. The molecule has 1 heterocycles. The Morgan fingerprint density at radius 1 is 1.16 bits per heavy atom. The lowest BCUT2D eigenvalue weighted by atomic mass is 9.86. The lowest BCUT2D eigenvalue weighted by Gasteiger charge is -2.22. The third-order valence-electron chi connectivity index (χ3n) is 3.83. The Hall–Kier alpha value is -2.40. The van der Waals surface area contributed by atoms with Gasteiger partial charge in [-0.15, -0.1) is 0 Å². The first-order valence-electron chi connectivity index (χ1n) is 8.51. The fourth-order valence-electron chi connectivity index (χ4n) is 2.51. The average molecular weight is 341 g/mol. The number of carbonyl (C=O) groups excluding carboxylic acids is 1. The molecule has 2 N–H and O–H groups in total. The predicted octanol–water partition coefficient (Wildman–Crippen LogP) is 4.08. The number of hydrogen-bond acceptors (Lipinski definition) is 4. The molecule has 0 atom stereocenters. The van der Waals surface area contributed by atoms with Crippen molar-refractivity contribution in [1.29, 1.82) is 0 Å². The van der Waals surface area contributed by atoms with Crippen molar-refractivity contribution in [3.05, 3.63) is 53.9 Å². The number of amides is 1. The Morgan fingerprint density at radius 2 is 1.92 bits per heavy atom. The topological polar surface area (TPSA) is 63.2 Å². The minimum absolute atomic E-state index is 0.0483. The van der Waals surface area contributed by atoms with Gasteiger partial charge in [0.25, 0.3) is 5.91 Å². The Bertz CT molecular complexity index is 691. The van der Waals surface area contributed by atoms with Crippen molar-refractivity contribution in [2.75, 3.05) is 30.9 Å². The minimum Gasteiger partial charge on any atom is -0.385 e. The van der Waals surface area contributed by atoms with Gasteiger partial charge in [-0.05, 0) is 35.6 Å². The third kappa shape index (κ3) is 5.57. The van der Waals surface area contributed by atoms with Crippen LogP contribution in [0, 0.1) is 0 Å². The highest BCUT2D eigenvalue weighted by atomic mass is 16.5. The number of hydrogen-bond donors (Lipinski definition) is 2. The summed E-state index contributed by atoms with van der Waals surface area (Å²) in [5.41, 5.74) is 3.16. The van der Waals surface area contributed by atoms with E-state index >= 15 is 0 Å². The second-order valence-corrected chi connectivity index (χ2v) is 6.95. The first kappa shape index (κ1) is 18.9. The molecule has 5 nitrogen and oxygen atoms in total. The monoisotopic (exact) mass is 341 g/mol. The number of nitrogens with zero attached hydrogens (tertiary/aromatic N) is 1. The summed E-state index contributed by atoms with van der Waals surface area (Å²) in [6.45, 7) is 7.90. The molecular weight excluding hydrogens is 314 g/mol. The Balaban J connectivity index is 2.02. The lowest BCUT2D eigenvalue weighted by molar-refractivity contribution is 0.102. The maximum atomic E-state index is 12.5. The maximum absolute atomic E-state index is 12.5. The molecule has 0 aliphatic heterocycles. The molecule has 0 saturated carbocycles. The fourth-order valence-corrected chi connectivity index (χ4v) is 2.51. The molecule has 134 valence electrons. The zero-order valence-electron chi connectivity index (χ0n) is 15.4. The SMILES string of the molecule is COCCCNc1ccc(C(=O)Nc2ccccc2C(C)(C)C)nc1. The highest BCUT2D eigenvalue weighted by Crippen LogP contribution is 2.29. The van der Waals surface area contributed by atoms with Crippen LogP contribution in [-0.2, 0) is 10.2 Å². The van der Waals surface area contributed by atoms with Crippen molar-refractivity contribution in [3.8, 4) is 0 Å². The molecule has 0 bridgehead atoms. The molecule has 0 spiro atoms. The summed E-state index contributed by atoms with van der Waals surface area (Å²) in [7, 11) is 1.69. The van der Waals surface area contributed by atoms with E-state index < -0.39 is 0 Å². The zero-order valence-corrected chi connectivity index (χ0v) is 15.4. The van der Waals surface area contributed by atoms with Gasteiger partial charge in [-0.25, -0.2) is 4.98 Å². The number of rotatable bonds is 7. The quantitative estimate of drug-likeness (QED) is 0.745. The van der Waals surface area contributed by atoms with E-state index in [1.165, 1.54) is 0 Å². The lowest BCUT2D eigenvalue weighted by Crippen LogP contribution is -2.19. The van der Waals surface area contributed by atoms with Crippen molar-refractivity contribution in [2.45, 2.75) is 32.6 Å². The van der Waals surface area contributed by atoms with Crippen LogP contribution < -0.4 is 10.6 Å². The zero-order chi connectivity index (χ0) is 18.3. The molecule has 25 heavy (non-hydrogen) atoms. The van der Waals surface area contributed by atoms with Crippen molar-refractivity contribution in [2.24, 2.45) is 0 Å². The van der Waals surface area contributed by atoms with Gasteiger partial charge in [-0.1, -0.05) is 39.0 Å². The normalized spacial score (nSPS) is 11.2. The molecule has 5 heteroatoms. The van der Waals surface area contributed by atoms with E-state index in [0.29, 0.717) is 12.3 Å². The summed E-state index contributed by atoms with van der Waals surface area (Å²) in [5.74, 6) is -0.206. The molecule has 0 aliphatic rings.